The molecule has 0 aliphatic carbocycles. The van der Waals surface area contributed by atoms with E-state index in [2.05, 4.69) is 21.4 Å². The summed E-state index contributed by atoms with van der Waals surface area (Å²) >= 11 is 7.64. The van der Waals surface area contributed by atoms with Crippen LogP contribution in [0.25, 0.3) is 20.7 Å². The fourth-order valence-electron chi connectivity index (χ4n) is 2.36. The van der Waals surface area contributed by atoms with Crippen molar-refractivity contribution in [3.05, 3.63) is 72.0 Å². The molecule has 2 aromatic carbocycles. The molecule has 0 unspecified atom stereocenters. The fourth-order valence-corrected chi connectivity index (χ4v) is 3.55. The monoisotopic (exact) mass is 337 g/mol. The number of hydrogen-bond acceptors (Lipinski definition) is 4. The van der Waals surface area contributed by atoms with Crippen LogP contribution in [0.3, 0.4) is 0 Å². The first-order valence-corrected chi connectivity index (χ1v) is 8.31. The molecule has 0 saturated heterocycles. The van der Waals surface area contributed by atoms with E-state index in [1.807, 2.05) is 54.6 Å². The summed E-state index contributed by atoms with van der Waals surface area (Å²) in [4.78, 5) is 9.92. The van der Waals surface area contributed by atoms with Gasteiger partial charge in [-0.05, 0) is 35.9 Å². The van der Waals surface area contributed by atoms with Crippen molar-refractivity contribution in [1.82, 2.24) is 9.97 Å². The van der Waals surface area contributed by atoms with E-state index in [-0.39, 0.29) is 0 Å². The van der Waals surface area contributed by atoms with Gasteiger partial charge in [0.25, 0.3) is 0 Å². The van der Waals surface area contributed by atoms with Gasteiger partial charge in [-0.2, -0.15) is 0 Å². The molecule has 2 aromatic heterocycles. The van der Waals surface area contributed by atoms with Gasteiger partial charge in [0.1, 0.15) is 6.33 Å². The van der Waals surface area contributed by atoms with E-state index >= 15 is 0 Å². The summed E-state index contributed by atoms with van der Waals surface area (Å²) < 4.78 is 1.04. The van der Waals surface area contributed by atoms with Crippen LogP contribution in [-0.4, -0.2) is 9.97 Å². The number of para-hydroxylation sites is 1. The standard InChI is InChI=1S/C18H12ClN3S/c19-13-8-6-12(7-9-13)16-10-15-17(23-16)18(21-11-20-15)22-14-4-2-1-3-5-14/h1-11H,(H,20,21,22). The van der Waals surface area contributed by atoms with Crippen molar-refractivity contribution >= 4 is 44.7 Å². The summed E-state index contributed by atoms with van der Waals surface area (Å²) in [6, 6.07) is 19.9. The Morgan fingerprint density at radius 3 is 2.48 bits per heavy atom. The number of fused-ring (bicyclic) bond motifs is 1. The number of benzene rings is 2. The lowest BCUT2D eigenvalue weighted by Crippen LogP contribution is -1.93. The van der Waals surface area contributed by atoms with Crippen molar-refractivity contribution in [3.8, 4) is 10.4 Å². The molecule has 0 fully saturated rings. The maximum atomic E-state index is 5.96. The van der Waals surface area contributed by atoms with E-state index < -0.39 is 0 Å². The molecule has 0 radical (unpaired) electrons. The number of nitrogens with one attached hydrogen (secondary N) is 1. The Kier molecular flexibility index (Phi) is 3.69. The number of hydrogen-bond donors (Lipinski definition) is 1. The predicted octanol–water partition coefficient (Wildman–Crippen LogP) is 5.76. The van der Waals surface area contributed by atoms with Crippen molar-refractivity contribution in [2.75, 3.05) is 5.32 Å². The zero-order valence-electron chi connectivity index (χ0n) is 12.0. The molecule has 0 amide bonds. The molecule has 1 N–H and O–H groups in total. The molecule has 112 valence electrons. The third-order valence-corrected chi connectivity index (χ3v) is 4.91. The average Bonchev–Trinajstić information content (AvgIpc) is 3.02. The summed E-state index contributed by atoms with van der Waals surface area (Å²) in [5, 5.41) is 4.10. The van der Waals surface area contributed by atoms with Crippen LogP contribution in [0.1, 0.15) is 0 Å². The maximum Gasteiger partial charge on any atom is 0.151 e. The maximum absolute atomic E-state index is 5.96. The average molecular weight is 338 g/mol. The minimum Gasteiger partial charge on any atom is -0.339 e. The van der Waals surface area contributed by atoms with Crippen LogP contribution >= 0.6 is 22.9 Å². The number of nitrogens with zero attached hydrogens (tertiary/aromatic N) is 2. The van der Waals surface area contributed by atoms with Gasteiger partial charge in [-0.15, -0.1) is 11.3 Å². The normalized spacial score (nSPS) is 10.8. The second kappa shape index (κ2) is 5.99. The van der Waals surface area contributed by atoms with E-state index in [1.165, 1.54) is 0 Å². The van der Waals surface area contributed by atoms with E-state index in [1.54, 1.807) is 17.7 Å². The summed E-state index contributed by atoms with van der Waals surface area (Å²) in [5.41, 5.74) is 3.07. The zero-order chi connectivity index (χ0) is 15.6. The number of anilines is 2. The van der Waals surface area contributed by atoms with Crippen molar-refractivity contribution in [1.29, 1.82) is 0 Å². The Morgan fingerprint density at radius 1 is 0.913 bits per heavy atom. The Labute approximate surface area is 142 Å². The predicted molar refractivity (Wildman–Crippen MR) is 97.6 cm³/mol. The first-order valence-electron chi connectivity index (χ1n) is 7.12. The van der Waals surface area contributed by atoms with Crippen molar-refractivity contribution in [2.24, 2.45) is 0 Å². The summed E-state index contributed by atoms with van der Waals surface area (Å²) in [6.07, 6.45) is 1.59. The molecule has 0 bridgehead atoms. The minimum absolute atomic E-state index is 0.737. The van der Waals surface area contributed by atoms with E-state index in [9.17, 15) is 0 Å². The van der Waals surface area contributed by atoms with E-state index in [4.69, 9.17) is 11.6 Å². The van der Waals surface area contributed by atoms with Crippen LogP contribution < -0.4 is 5.32 Å². The van der Waals surface area contributed by atoms with Gasteiger partial charge >= 0.3 is 0 Å². The highest BCUT2D eigenvalue weighted by atomic mass is 35.5. The highest BCUT2D eigenvalue weighted by Crippen LogP contribution is 2.36. The molecule has 0 spiro atoms. The molecule has 4 rings (SSSR count). The van der Waals surface area contributed by atoms with Gasteiger partial charge in [0.2, 0.25) is 0 Å². The quantitative estimate of drug-likeness (QED) is 0.516. The lowest BCUT2D eigenvalue weighted by molar-refractivity contribution is 1.23. The number of halogens is 1. The first-order chi connectivity index (χ1) is 11.3. The Hall–Kier alpha value is -2.43. The Balaban J connectivity index is 1.77. The highest BCUT2D eigenvalue weighted by Gasteiger charge is 2.10. The Morgan fingerprint density at radius 2 is 1.70 bits per heavy atom. The molecule has 23 heavy (non-hydrogen) atoms. The second-order valence-electron chi connectivity index (χ2n) is 5.05. The molecule has 0 aliphatic rings. The summed E-state index contributed by atoms with van der Waals surface area (Å²) in [7, 11) is 0. The van der Waals surface area contributed by atoms with E-state index in [0.29, 0.717) is 0 Å². The second-order valence-corrected chi connectivity index (χ2v) is 6.53. The lowest BCUT2D eigenvalue weighted by atomic mass is 10.2. The van der Waals surface area contributed by atoms with Gasteiger partial charge < -0.3 is 5.32 Å². The van der Waals surface area contributed by atoms with Crippen LogP contribution in [0, 0.1) is 0 Å². The third kappa shape index (κ3) is 2.91. The third-order valence-electron chi connectivity index (χ3n) is 3.48. The minimum atomic E-state index is 0.737. The van der Waals surface area contributed by atoms with Crippen LogP contribution in [0.4, 0.5) is 11.5 Å². The molecule has 0 atom stereocenters. The molecule has 0 aliphatic heterocycles. The van der Waals surface area contributed by atoms with Gasteiger partial charge in [0.05, 0.1) is 10.2 Å². The Bertz CT molecular complexity index is 949. The lowest BCUT2D eigenvalue weighted by Gasteiger charge is -2.05. The van der Waals surface area contributed by atoms with Crippen LogP contribution in [0.15, 0.2) is 67.0 Å². The molecule has 5 heteroatoms. The van der Waals surface area contributed by atoms with E-state index in [0.717, 1.165) is 37.2 Å². The smallest absolute Gasteiger partial charge is 0.151 e. The first kappa shape index (κ1) is 14.2. The molecule has 0 saturated carbocycles. The van der Waals surface area contributed by atoms with Gasteiger partial charge in [-0.3, -0.25) is 0 Å². The van der Waals surface area contributed by atoms with Crippen molar-refractivity contribution < 1.29 is 0 Å². The number of aromatic nitrogens is 2. The van der Waals surface area contributed by atoms with Crippen molar-refractivity contribution in [3.63, 3.8) is 0 Å². The molecule has 3 nitrogen and oxygen atoms in total. The molecule has 2 heterocycles. The van der Waals surface area contributed by atoms with Crippen LogP contribution in [0.5, 0.6) is 0 Å². The van der Waals surface area contributed by atoms with Crippen LogP contribution in [-0.2, 0) is 0 Å². The van der Waals surface area contributed by atoms with Gasteiger partial charge in [-0.1, -0.05) is 41.9 Å². The number of thiophene rings is 1. The van der Waals surface area contributed by atoms with Gasteiger partial charge in [0.15, 0.2) is 5.82 Å². The van der Waals surface area contributed by atoms with Crippen molar-refractivity contribution in [2.45, 2.75) is 0 Å². The molecular weight excluding hydrogens is 326 g/mol. The summed E-state index contributed by atoms with van der Waals surface area (Å²) in [5.74, 6) is 0.825. The zero-order valence-corrected chi connectivity index (χ0v) is 13.6. The van der Waals surface area contributed by atoms with Gasteiger partial charge in [-0.25, -0.2) is 9.97 Å². The SMILES string of the molecule is Clc1ccc(-c2cc3ncnc(Nc4ccccc4)c3s2)cc1. The highest BCUT2D eigenvalue weighted by molar-refractivity contribution is 7.22. The summed E-state index contributed by atoms with van der Waals surface area (Å²) in [6.45, 7) is 0. The molecule has 4 aromatic rings. The largest absolute Gasteiger partial charge is 0.339 e. The molecular formula is C18H12ClN3S. The van der Waals surface area contributed by atoms with Crippen LogP contribution in [0.2, 0.25) is 5.02 Å². The number of rotatable bonds is 3. The van der Waals surface area contributed by atoms with Gasteiger partial charge in [0, 0.05) is 15.6 Å². The fraction of sp³-hybridized carbons (Fsp3) is 0. The topological polar surface area (TPSA) is 37.8 Å².